The van der Waals surface area contributed by atoms with E-state index in [4.69, 9.17) is 24.5 Å². The molecule has 0 aliphatic rings. The number of rotatable bonds is 9. The Balaban J connectivity index is 1.34. The van der Waals surface area contributed by atoms with Gasteiger partial charge in [-0.15, -0.1) is 0 Å². The van der Waals surface area contributed by atoms with Gasteiger partial charge in [-0.2, -0.15) is 0 Å². The third-order valence-corrected chi connectivity index (χ3v) is 8.64. The summed E-state index contributed by atoms with van der Waals surface area (Å²) >= 11 is 0. The first-order valence-electron chi connectivity index (χ1n) is 26.2. The van der Waals surface area contributed by atoms with Crippen molar-refractivity contribution in [3.8, 4) is 45.0 Å². The predicted octanol–water partition coefficient (Wildman–Crippen LogP) is 13.7. The monoisotopic (exact) mass is 724 g/mol. The molecule has 9 rings (SSSR count). The molecule has 4 nitrogen and oxygen atoms in total. The topological polar surface area (TPSA) is 51.8 Å². The number of hydrogen-bond donors (Lipinski definition) is 0. The molecule has 0 amide bonds. The van der Waals surface area contributed by atoms with Crippen LogP contribution in [0.5, 0.6) is 0 Å². The van der Waals surface area contributed by atoms with Crippen molar-refractivity contribution >= 4 is 55.1 Å². The van der Waals surface area contributed by atoms with Crippen molar-refractivity contribution < 1.29 is 30.5 Å². The molecular weight excluding hydrogens is 671 g/mol. The van der Waals surface area contributed by atoms with Crippen LogP contribution in [-0.2, 0) is 0 Å². The largest absolute Gasteiger partial charge is 0.455 e. The van der Waals surface area contributed by atoms with Crippen molar-refractivity contribution in [3.05, 3.63) is 201 Å². The highest BCUT2D eigenvalue weighted by Gasteiger charge is 2.18. The van der Waals surface area contributed by atoms with Gasteiger partial charge in [0.1, 0.15) is 11.2 Å². The highest BCUT2D eigenvalue weighted by Crippen LogP contribution is 2.37. The van der Waals surface area contributed by atoms with Crippen LogP contribution < -0.4 is 0 Å². The van der Waals surface area contributed by atoms with Gasteiger partial charge in [-0.3, -0.25) is 0 Å². The van der Waals surface area contributed by atoms with Crippen molar-refractivity contribution in [3.63, 3.8) is 0 Å². The van der Waals surface area contributed by atoms with Gasteiger partial charge in [-0.25, -0.2) is 15.0 Å². The van der Waals surface area contributed by atoms with E-state index in [-0.39, 0.29) is 28.2 Å². The first-order chi connectivity index (χ1) is 35.1. The molecule has 0 aliphatic carbocycles. The average molecular weight is 725 g/mol. The Labute approximate surface area is 346 Å². The lowest BCUT2D eigenvalue weighted by atomic mass is 9.92. The minimum absolute atomic E-state index is 0.00314. The van der Waals surface area contributed by atoms with E-state index in [9.17, 15) is 11.0 Å². The lowest BCUT2D eigenvalue weighted by Gasteiger charge is -2.12. The molecule has 260 valence electrons. The number of hydrogen-bond acceptors (Lipinski definition) is 4. The minimum atomic E-state index is -0.948. The van der Waals surface area contributed by atoms with Gasteiger partial charge in [0.15, 0.2) is 17.5 Å². The van der Waals surface area contributed by atoms with Crippen molar-refractivity contribution in [1.29, 1.82) is 0 Å². The molecule has 55 heavy (non-hydrogen) atoms. The fourth-order valence-corrected chi connectivity index (χ4v) is 6.13. The fraction of sp³-hybridized carbons (Fsp3) is 0. The molecule has 0 atom stereocenters. The van der Waals surface area contributed by atoms with Gasteiger partial charge >= 0.3 is 0 Å². The maximum Gasteiger partial charge on any atom is 0.167 e. The van der Waals surface area contributed by atoms with E-state index in [0.717, 1.165) is 16.8 Å². The first-order valence-corrected chi connectivity index (χ1v) is 16.7. The summed E-state index contributed by atoms with van der Waals surface area (Å²) in [5.41, 5.74) is -2.08. The summed E-state index contributed by atoms with van der Waals surface area (Å²) in [6.45, 7) is 8.09. The third kappa shape index (κ3) is 6.16. The predicted molar refractivity (Wildman–Crippen MR) is 231 cm³/mol. The van der Waals surface area contributed by atoms with Crippen molar-refractivity contribution in [2.75, 3.05) is 0 Å². The van der Waals surface area contributed by atoms with Crippen LogP contribution in [0.1, 0.15) is 37.4 Å². The van der Waals surface area contributed by atoms with E-state index >= 15 is 0 Å². The van der Waals surface area contributed by atoms with E-state index in [2.05, 4.69) is 23.1 Å². The number of nitrogens with zero attached hydrogens (tertiary/aromatic N) is 3. The maximum absolute atomic E-state index is 9.64. The number of para-hydroxylation sites is 2. The Bertz CT molecular complexity index is 4090. The van der Waals surface area contributed by atoms with Gasteiger partial charge < -0.3 is 4.42 Å². The van der Waals surface area contributed by atoms with E-state index in [0.29, 0.717) is 28.9 Å². The molecule has 0 radical (unpaired) electrons. The molecule has 9 aromatic rings. The van der Waals surface area contributed by atoms with Crippen LogP contribution in [0.4, 0.5) is 0 Å². The highest BCUT2D eigenvalue weighted by atomic mass is 16.3. The van der Waals surface area contributed by atoms with Gasteiger partial charge in [-0.1, -0.05) is 165 Å². The SMILES string of the molecule is [2H]C=C([2H])/C([2H])=C(/[2H])c1cc2c([2H])c([2H])c([2H])c([2H])c2c2c([2H])c([2H])c(-c3c([2H])c([2H])c([2H])c(-c4c([2H])c([2H])c(-c5nc(/C(C=C)=C/C=C)nc(-c6cccc7c6oc6ccccc67)n5)c([2H])c4[2H])c3[2H])c([2H])c12. The van der Waals surface area contributed by atoms with Crippen LogP contribution in [-0.4, -0.2) is 15.0 Å². The normalized spacial score (nSPS) is 17.5. The Kier molecular flexibility index (Phi) is 4.78. The lowest BCUT2D eigenvalue weighted by Crippen LogP contribution is -2.02. The van der Waals surface area contributed by atoms with Crippen LogP contribution in [0.3, 0.4) is 0 Å². The molecule has 0 aliphatic heterocycles. The van der Waals surface area contributed by atoms with Crippen LogP contribution >= 0.6 is 0 Å². The van der Waals surface area contributed by atoms with Gasteiger partial charge in [0.2, 0.25) is 0 Å². The number of allylic oxidation sites excluding steroid dienone is 6. The first kappa shape index (κ1) is 18.6. The third-order valence-electron chi connectivity index (χ3n) is 8.64. The summed E-state index contributed by atoms with van der Waals surface area (Å²) in [5.74, 6) is -0.316. The highest BCUT2D eigenvalue weighted by molar-refractivity contribution is 6.12. The number of fused-ring (bicyclic) bond motifs is 6. The van der Waals surface area contributed by atoms with E-state index in [1.54, 1.807) is 24.3 Å². The molecule has 0 bridgehead atoms. The number of furan rings is 1. The van der Waals surface area contributed by atoms with Gasteiger partial charge in [0.05, 0.1) is 31.6 Å². The molecule has 0 spiro atoms. The Hall–Kier alpha value is -7.43. The second-order valence-electron chi connectivity index (χ2n) is 11.9. The van der Waals surface area contributed by atoms with Crippen LogP contribution in [0.15, 0.2) is 194 Å². The molecule has 2 aromatic heterocycles. The van der Waals surface area contributed by atoms with E-state index in [1.807, 2.05) is 24.3 Å². The standard InChI is InChI=1S/C51H35N3O/c1-4-7-15-40-31-39-16-8-9-19-41(39)42-29-28-38(32-46(40)42)37-18-12-17-36(30-37)34-24-26-35(27-25-34)50-52-49(33(6-3)14-5-2)53-51(54-50)45-22-13-21-44-43-20-10-11-23-47(43)55-48(44)45/h4-32H,1-3H2/b15-7-,33-14+/i1D,4D,7D,8D,9D,12D,15D,16D,17D,18D,19D,24D,25D,26D,27D,28D,29D,30D,32D/b4-1?,15-7-,33-14+. The van der Waals surface area contributed by atoms with Crippen LogP contribution in [0, 0.1) is 0 Å². The molecule has 4 heteroatoms. The summed E-state index contributed by atoms with van der Waals surface area (Å²) in [4.78, 5) is 13.9. The minimum Gasteiger partial charge on any atom is -0.455 e. The zero-order valence-electron chi connectivity index (χ0n) is 47.6. The van der Waals surface area contributed by atoms with E-state index in [1.165, 1.54) is 12.2 Å². The van der Waals surface area contributed by atoms with Gasteiger partial charge in [-0.05, 0) is 79.6 Å². The van der Waals surface area contributed by atoms with Crippen LogP contribution in [0.2, 0.25) is 0 Å². The molecule has 0 N–H and O–H groups in total. The summed E-state index contributed by atoms with van der Waals surface area (Å²) in [5, 5.41) is -0.0337. The number of benzene rings is 7. The van der Waals surface area contributed by atoms with Crippen molar-refractivity contribution in [1.82, 2.24) is 15.0 Å². The Morgan fingerprint density at radius 3 is 2.29 bits per heavy atom. The van der Waals surface area contributed by atoms with Crippen molar-refractivity contribution in [2.45, 2.75) is 0 Å². The molecular formula is C51H35N3O. The smallest absolute Gasteiger partial charge is 0.167 e. The summed E-state index contributed by atoms with van der Waals surface area (Å²) < 4.78 is 176. The van der Waals surface area contributed by atoms with Gasteiger partial charge in [0.25, 0.3) is 0 Å². The molecule has 7 aromatic carbocycles. The summed E-state index contributed by atoms with van der Waals surface area (Å²) in [6, 6.07) is -1.03. The van der Waals surface area contributed by atoms with Crippen LogP contribution in [0.25, 0.3) is 100 Å². The fourth-order valence-electron chi connectivity index (χ4n) is 6.13. The molecule has 0 saturated heterocycles. The zero-order valence-corrected chi connectivity index (χ0v) is 28.6. The Morgan fingerprint density at radius 2 is 1.44 bits per heavy atom. The molecule has 0 fully saturated rings. The second kappa shape index (κ2) is 14.2. The summed E-state index contributed by atoms with van der Waals surface area (Å²) in [7, 11) is 0. The lowest BCUT2D eigenvalue weighted by molar-refractivity contribution is 0.669. The average Bonchev–Trinajstić information content (AvgIpc) is 3.79. The number of aromatic nitrogens is 3. The quantitative estimate of drug-likeness (QED) is 0.110. The molecule has 0 saturated carbocycles. The second-order valence-corrected chi connectivity index (χ2v) is 11.9. The van der Waals surface area contributed by atoms with Gasteiger partial charge in [0, 0.05) is 21.9 Å². The Morgan fingerprint density at radius 1 is 0.673 bits per heavy atom. The molecule has 0 unspecified atom stereocenters. The molecule has 2 heterocycles. The maximum atomic E-state index is 9.64. The zero-order chi connectivity index (χ0) is 53.7. The van der Waals surface area contributed by atoms with Crippen molar-refractivity contribution in [2.24, 2.45) is 0 Å². The summed E-state index contributed by atoms with van der Waals surface area (Å²) in [6.07, 6.45) is 4.46. The van der Waals surface area contributed by atoms with E-state index < -0.39 is 153 Å².